The Balaban J connectivity index is 1.16. The molecule has 5 nitrogen and oxygen atoms in total. The minimum absolute atomic E-state index is 0.000255. The molecule has 2 amide bonds. The summed E-state index contributed by atoms with van der Waals surface area (Å²) in [5.74, 6) is -0.497. The molecular weight excluding hydrogens is 417 g/mol. The molecule has 166 valence electrons. The lowest BCUT2D eigenvalue weighted by molar-refractivity contribution is -0.0616. The van der Waals surface area contributed by atoms with Crippen LogP contribution in [-0.4, -0.2) is 54.2 Å². The van der Waals surface area contributed by atoms with Gasteiger partial charge >= 0.3 is 6.03 Å². The molecule has 0 aliphatic carbocycles. The van der Waals surface area contributed by atoms with Gasteiger partial charge in [-0.25, -0.2) is 9.18 Å². The van der Waals surface area contributed by atoms with Gasteiger partial charge in [0.2, 0.25) is 0 Å². The molecule has 1 N–H and O–H groups in total. The Morgan fingerprint density at radius 3 is 2.29 bits per heavy atom. The Hall–Kier alpha value is -2.15. The maximum absolute atomic E-state index is 13.3. The second-order valence-electron chi connectivity index (χ2n) is 8.34. The number of ether oxygens (including phenoxy) is 1. The van der Waals surface area contributed by atoms with Crippen molar-refractivity contribution in [1.29, 1.82) is 0 Å². The number of rotatable bonds is 5. The minimum atomic E-state index is -0.497. The van der Waals surface area contributed by atoms with Crippen molar-refractivity contribution in [1.82, 2.24) is 9.80 Å². The fourth-order valence-electron chi connectivity index (χ4n) is 4.29. The molecule has 2 aromatic carbocycles. The molecule has 0 atom stereocenters. The van der Waals surface area contributed by atoms with Gasteiger partial charge in [-0.1, -0.05) is 41.9 Å². The Bertz CT molecular complexity index is 866. The van der Waals surface area contributed by atoms with Crippen molar-refractivity contribution in [2.24, 2.45) is 0 Å². The Morgan fingerprint density at radius 2 is 1.65 bits per heavy atom. The van der Waals surface area contributed by atoms with Crippen LogP contribution in [0.1, 0.15) is 31.2 Å². The van der Waals surface area contributed by atoms with E-state index >= 15 is 0 Å². The number of anilines is 1. The predicted octanol–water partition coefficient (Wildman–Crippen LogP) is 5.16. The number of urea groups is 1. The van der Waals surface area contributed by atoms with E-state index in [-0.39, 0.29) is 17.2 Å². The third-order valence-corrected chi connectivity index (χ3v) is 6.36. The van der Waals surface area contributed by atoms with Crippen LogP contribution in [0.15, 0.2) is 48.5 Å². The van der Waals surface area contributed by atoms with Crippen molar-refractivity contribution in [3.8, 4) is 0 Å². The zero-order chi connectivity index (χ0) is 21.6. The molecule has 0 radical (unpaired) electrons. The van der Waals surface area contributed by atoms with Crippen LogP contribution in [0, 0.1) is 5.82 Å². The molecule has 0 aromatic heterocycles. The van der Waals surface area contributed by atoms with Crippen LogP contribution in [0.25, 0.3) is 0 Å². The summed E-state index contributed by atoms with van der Waals surface area (Å²) < 4.78 is 19.6. The average Bonchev–Trinajstić information content (AvgIpc) is 2.79. The van der Waals surface area contributed by atoms with Gasteiger partial charge in [0.1, 0.15) is 5.82 Å². The molecule has 0 unspecified atom stereocenters. The first-order valence-electron chi connectivity index (χ1n) is 11.0. The average molecular weight is 446 g/mol. The summed E-state index contributed by atoms with van der Waals surface area (Å²) in [6.07, 6.45) is 4.29. The monoisotopic (exact) mass is 445 g/mol. The van der Waals surface area contributed by atoms with Gasteiger partial charge in [0.25, 0.3) is 0 Å². The van der Waals surface area contributed by atoms with Gasteiger partial charge < -0.3 is 15.0 Å². The topological polar surface area (TPSA) is 44.8 Å². The number of carbonyl (C=O) groups is 1. The third-order valence-electron chi connectivity index (χ3n) is 6.07. The summed E-state index contributed by atoms with van der Waals surface area (Å²) in [4.78, 5) is 16.7. The van der Waals surface area contributed by atoms with Gasteiger partial charge in [0.15, 0.2) is 0 Å². The molecule has 31 heavy (non-hydrogen) atoms. The van der Waals surface area contributed by atoms with Crippen LogP contribution in [0.2, 0.25) is 5.02 Å². The fourth-order valence-corrected chi connectivity index (χ4v) is 4.47. The number of hydrogen-bond acceptors (Lipinski definition) is 3. The van der Waals surface area contributed by atoms with Gasteiger partial charge in [0.05, 0.1) is 17.2 Å². The SMILES string of the molecule is O=C(Nc1ccc(F)c(Cl)c1)N1CCC(OC2CCN(Cc3ccccc3)CC2)CC1. The quantitative estimate of drug-likeness (QED) is 0.691. The Labute approximate surface area is 188 Å². The van der Waals surface area contributed by atoms with Crippen LogP contribution in [-0.2, 0) is 11.3 Å². The number of benzene rings is 2. The van der Waals surface area contributed by atoms with E-state index in [0.717, 1.165) is 45.3 Å². The lowest BCUT2D eigenvalue weighted by atomic mass is 10.0. The number of piperidine rings is 2. The number of carbonyl (C=O) groups excluding carboxylic acids is 1. The first kappa shape index (κ1) is 22.1. The lowest BCUT2D eigenvalue weighted by Gasteiger charge is -2.37. The Morgan fingerprint density at radius 1 is 1.00 bits per heavy atom. The summed E-state index contributed by atoms with van der Waals surface area (Å²) in [5.41, 5.74) is 1.85. The summed E-state index contributed by atoms with van der Waals surface area (Å²) in [5, 5.41) is 2.79. The zero-order valence-corrected chi connectivity index (χ0v) is 18.4. The maximum atomic E-state index is 13.3. The van der Waals surface area contributed by atoms with Crippen molar-refractivity contribution in [3.05, 3.63) is 64.9 Å². The first-order valence-corrected chi connectivity index (χ1v) is 11.4. The molecule has 0 spiro atoms. The van der Waals surface area contributed by atoms with Gasteiger partial charge in [-0.05, 0) is 49.4 Å². The number of likely N-dealkylation sites (tertiary alicyclic amines) is 2. The summed E-state index contributed by atoms with van der Waals surface area (Å²) in [6, 6.07) is 14.6. The van der Waals surface area contributed by atoms with Crippen molar-refractivity contribution in [3.63, 3.8) is 0 Å². The predicted molar refractivity (Wildman–Crippen MR) is 121 cm³/mol. The van der Waals surface area contributed by atoms with E-state index in [1.54, 1.807) is 4.90 Å². The lowest BCUT2D eigenvalue weighted by Crippen LogP contribution is -2.45. The molecule has 0 saturated carbocycles. The van der Waals surface area contributed by atoms with Crippen molar-refractivity contribution in [2.75, 3.05) is 31.5 Å². The highest BCUT2D eigenvalue weighted by Gasteiger charge is 2.27. The smallest absolute Gasteiger partial charge is 0.321 e. The second kappa shape index (κ2) is 10.4. The molecule has 2 aromatic rings. The molecule has 2 aliphatic heterocycles. The number of amides is 2. The van der Waals surface area contributed by atoms with Crippen molar-refractivity contribution >= 4 is 23.3 Å². The molecular formula is C24H29ClFN3O2. The van der Waals surface area contributed by atoms with Crippen LogP contribution >= 0.6 is 11.6 Å². The van der Waals surface area contributed by atoms with Crippen LogP contribution in [0.5, 0.6) is 0 Å². The van der Waals surface area contributed by atoms with Crippen LogP contribution in [0.3, 0.4) is 0 Å². The summed E-state index contributed by atoms with van der Waals surface area (Å²) >= 11 is 5.78. The molecule has 2 fully saturated rings. The number of nitrogens with zero attached hydrogens (tertiary/aromatic N) is 2. The standard InChI is InChI=1S/C24H29ClFN3O2/c25-22-16-19(6-7-23(22)26)27-24(30)29-14-10-21(11-15-29)31-20-8-12-28(13-9-20)17-18-4-2-1-3-5-18/h1-7,16,20-21H,8-15,17H2,(H,27,30). The highest BCUT2D eigenvalue weighted by atomic mass is 35.5. The maximum Gasteiger partial charge on any atom is 0.321 e. The van der Waals surface area contributed by atoms with E-state index in [1.807, 2.05) is 0 Å². The number of hydrogen-bond donors (Lipinski definition) is 1. The molecule has 4 rings (SSSR count). The van der Waals surface area contributed by atoms with Crippen LogP contribution in [0.4, 0.5) is 14.9 Å². The minimum Gasteiger partial charge on any atom is -0.375 e. The largest absolute Gasteiger partial charge is 0.375 e. The Kier molecular flexibility index (Phi) is 7.43. The van der Waals surface area contributed by atoms with E-state index in [0.29, 0.717) is 24.9 Å². The third kappa shape index (κ3) is 6.19. The highest BCUT2D eigenvalue weighted by molar-refractivity contribution is 6.31. The number of halogens is 2. The molecule has 2 saturated heterocycles. The van der Waals surface area contributed by atoms with Crippen LogP contribution < -0.4 is 5.32 Å². The van der Waals surface area contributed by atoms with Crippen molar-refractivity contribution in [2.45, 2.75) is 44.4 Å². The van der Waals surface area contributed by atoms with E-state index < -0.39 is 5.82 Å². The number of nitrogens with one attached hydrogen (secondary N) is 1. The van der Waals surface area contributed by atoms with Crippen molar-refractivity contribution < 1.29 is 13.9 Å². The highest BCUT2D eigenvalue weighted by Crippen LogP contribution is 2.23. The second-order valence-corrected chi connectivity index (χ2v) is 8.75. The first-order chi connectivity index (χ1) is 15.1. The zero-order valence-electron chi connectivity index (χ0n) is 17.6. The van der Waals surface area contributed by atoms with E-state index in [9.17, 15) is 9.18 Å². The van der Waals surface area contributed by atoms with Gasteiger partial charge in [-0.3, -0.25) is 4.90 Å². The fraction of sp³-hybridized carbons (Fsp3) is 0.458. The molecule has 7 heteroatoms. The normalized spacial score (nSPS) is 18.8. The van der Waals surface area contributed by atoms with Gasteiger partial charge in [-0.2, -0.15) is 0 Å². The van der Waals surface area contributed by atoms with E-state index in [2.05, 4.69) is 40.5 Å². The van der Waals surface area contributed by atoms with E-state index in [1.165, 1.54) is 23.8 Å². The summed E-state index contributed by atoms with van der Waals surface area (Å²) in [7, 11) is 0. The van der Waals surface area contributed by atoms with Gasteiger partial charge in [0, 0.05) is 38.4 Å². The molecule has 2 aliphatic rings. The van der Waals surface area contributed by atoms with Gasteiger partial charge in [-0.15, -0.1) is 0 Å². The van der Waals surface area contributed by atoms with E-state index in [4.69, 9.17) is 16.3 Å². The molecule has 2 heterocycles. The molecule has 0 bridgehead atoms. The summed E-state index contributed by atoms with van der Waals surface area (Å²) in [6.45, 7) is 4.42.